The zero-order valence-electron chi connectivity index (χ0n) is 11.2. The van der Waals surface area contributed by atoms with Crippen LogP contribution in [-0.2, 0) is 4.74 Å². The number of carbonyl (C=O) groups is 1. The van der Waals surface area contributed by atoms with Crippen LogP contribution in [0.25, 0.3) is 0 Å². The van der Waals surface area contributed by atoms with E-state index in [1.807, 2.05) is 0 Å². The Kier molecular flexibility index (Phi) is 4.68. The van der Waals surface area contributed by atoms with Crippen LogP contribution in [0.5, 0.6) is 0 Å². The van der Waals surface area contributed by atoms with Gasteiger partial charge in [-0.05, 0) is 31.7 Å². The van der Waals surface area contributed by atoms with Crippen molar-refractivity contribution < 1.29 is 9.53 Å². The van der Waals surface area contributed by atoms with Gasteiger partial charge in [0.2, 0.25) is 0 Å². The summed E-state index contributed by atoms with van der Waals surface area (Å²) in [6.45, 7) is 2.62. The van der Waals surface area contributed by atoms with Gasteiger partial charge in [-0.3, -0.25) is 4.98 Å². The second-order valence-electron chi connectivity index (χ2n) is 4.76. The Morgan fingerprint density at radius 3 is 2.84 bits per heavy atom. The third-order valence-electron chi connectivity index (χ3n) is 3.53. The fourth-order valence-corrected chi connectivity index (χ4v) is 2.40. The van der Waals surface area contributed by atoms with E-state index in [4.69, 9.17) is 5.73 Å². The SMILES string of the molecule is COC(=O)c1cncc(N2CCC(CCN)CC2)n1. The summed E-state index contributed by atoms with van der Waals surface area (Å²) in [5.41, 5.74) is 5.84. The van der Waals surface area contributed by atoms with E-state index in [-0.39, 0.29) is 5.69 Å². The van der Waals surface area contributed by atoms with Crippen molar-refractivity contribution in [1.29, 1.82) is 0 Å². The summed E-state index contributed by atoms with van der Waals surface area (Å²) in [7, 11) is 1.34. The predicted molar refractivity (Wildman–Crippen MR) is 72.0 cm³/mol. The van der Waals surface area contributed by atoms with Gasteiger partial charge in [-0.15, -0.1) is 0 Å². The largest absolute Gasteiger partial charge is 0.464 e. The van der Waals surface area contributed by atoms with Crippen molar-refractivity contribution in [3.05, 3.63) is 18.1 Å². The standard InChI is InChI=1S/C13H20N4O2/c1-19-13(18)11-8-15-9-12(16-11)17-6-3-10(2-5-14)4-7-17/h8-10H,2-7,14H2,1H3. The van der Waals surface area contributed by atoms with Gasteiger partial charge in [0.25, 0.3) is 0 Å². The topological polar surface area (TPSA) is 81.3 Å². The molecule has 0 aliphatic carbocycles. The van der Waals surface area contributed by atoms with Crippen molar-refractivity contribution >= 4 is 11.8 Å². The van der Waals surface area contributed by atoms with Gasteiger partial charge in [-0.25, -0.2) is 9.78 Å². The van der Waals surface area contributed by atoms with Crippen molar-refractivity contribution in [2.24, 2.45) is 11.7 Å². The van der Waals surface area contributed by atoms with Gasteiger partial charge in [-0.2, -0.15) is 0 Å². The smallest absolute Gasteiger partial charge is 0.358 e. The van der Waals surface area contributed by atoms with Gasteiger partial charge in [0.1, 0.15) is 5.82 Å². The summed E-state index contributed by atoms with van der Waals surface area (Å²) >= 11 is 0. The van der Waals surface area contributed by atoms with Crippen LogP contribution < -0.4 is 10.6 Å². The van der Waals surface area contributed by atoms with E-state index in [1.54, 1.807) is 6.20 Å². The molecule has 2 rings (SSSR count). The molecule has 6 heteroatoms. The van der Waals surface area contributed by atoms with E-state index in [2.05, 4.69) is 19.6 Å². The van der Waals surface area contributed by atoms with Crippen molar-refractivity contribution in [2.75, 3.05) is 31.6 Å². The zero-order valence-corrected chi connectivity index (χ0v) is 11.2. The summed E-state index contributed by atoms with van der Waals surface area (Å²) in [5, 5.41) is 0. The number of anilines is 1. The highest BCUT2D eigenvalue weighted by Gasteiger charge is 2.20. The lowest BCUT2D eigenvalue weighted by Gasteiger charge is -2.32. The highest BCUT2D eigenvalue weighted by Crippen LogP contribution is 2.23. The molecular formula is C13H20N4O2. The second kappa shape index (κ2) is 6.47. The van der Waals surface area contributed by atoms with Gasteiger partial charge >= 0.3 is 5.97 Å². The first kappa shape index (κ1) is 13.7. The summed E-state index contributed by atoms with van der Waals surface area (Å²) in [6, 6.07) is 0. The Morgan fingerprint density at radius 1 is 1.47 bits per heavy atom. The molecule has 0 aromatic carbocycles. The molecule has 2 N–H and O–H groups in total. The Labute approximate surface area is 113 Å². The average Bonchev–Trinajstić information content (AvgIpc) is 2.48. The monoisotopic (exact) mass is 264 g/mol. The molecular weight excluding hydrogens is 244 g/mol. The average molecular weight is 264 g/mol. The number of hydrogen-bond acceptors (Lipinski definition) is 6. The molecule has 1 aromatic heterocycles. The first-order valence-electron chi connectivity index (χ1n) is 6.60. The molecule has 0 bridgehead atoms. The third kappa shape index (κ3) is 3.41. The number of aromatic nitrogens is 2. The molecule has 19 heavy (non-hydrogen) atoms. The highest BCUT2D eigenvalue weighted by molar-refractivity contribution is 5.87. The minimum atomic E-state index is -0.452. The number of nitrogens with zero attached hydrogens (tertiary/aromatic N) is 3. The molecule has 1 aromatic rings. The van der Waals surface area contributed by atoms with Crippen molar-refractivity contribution in [3.8, 4) is 0 Å². The molecule has 1 aliphatic rings. The summed E-state index contributed by atoms with van der Waals surface area (Å²) < 4.78 is 4.65. The van der Waals surface area contributed by atoms with Gasteiger partial charge < -0.3 is 15.4 Å². The summed E-state index contributed by atoms with van der Waals surface area (Å²) in [4.78, 5) is 21.9. The van der Waals surface area contributed by atoms with Crippen LogP contribution in [0.2, 0.25) is 0 Å². The number of ether oxygens (including phenoxy) is 1. The molecule has 0 spiro atoms. The van der Waals surface area contributed by atoms with Gasteiger partial charge in [-0.1, -0.05) is 0 Å². The molecule has 2 heterocycles. The minimum Gasteiger partial charge on any atom is -0.464 e. The molecule has 1 aliphatic heterocycles. The highest BCUT2D eigenvalue weighted by atomic mass is 16.5. The molecule has 1 fully saturated rings. The lowest BCUT2D eigenvalue weighted by molar-refractivity contribution is 0.0593. The lowest BCUT2D eigenvalue weighted by atomic mass is 9.94. The minimum absolute atomic E-state index is 0.254. The maximum atomic E-state index is 11.4. The fraction of sp³-hybridized carbons (Fsp3) is 0.615. The van der Waals surface area contributed by atoms with Crippen LogP contribution in [0.4, 0.5) is 5.82 Å². The molecule has 1 saturated heterocycles. The number of nitrogens with two attached hydrogens (primary N) is 1. The van der Waals surface area contributed by atoms with Crippen LogP contribution in [-0.4, -0.2) is 42.7 Å². The molecule has 0 atom stereocenters. The van der Waals surface area contributed by atoms with Crippen LogP contribution in [0.15, 0.2) is 12.4 Å². The second-order valence-corrected chi connectivity index (χ2v) is 4.76. The lowest BCUT2D eigenvalue weighted by Crippen LogP contribution is -2.35. The Morgan fingerprint density at radius 2 is 2.21 bits per heavy atom. The quantitative estimate of drug-likeness (QED) is 0.811. The maximum Gasteiger partial charge on any atom is 0.358 e. The fourth-order valence-electron chi connectivity index (χ4n) is 2.40. The van der Waals surface area contributed by atoms with E-state index >= 15 is 0 Å². The summed E-state index contributed by atoms with van der Waals surface area (Å²) in [5.74, 6) is 1.000. The molecule has 0 amide bonds. The molecule has 0 unspecified atom stereocenters. The van der Waals surface area contributed by atoms with Crippen molar-refractivity contribution in [1.82, 2.24) is 9.97 Å². The molecule has 0 saturated carbocycles. The Bertz CT molecular complexity index is 430. The van der Waals surface area contributed by atoms with Crippen LogP contribution in [0.1, 0.15) is 29.8 Å². The summed E-state index contributed by atoms with van der Waals surface area (Å²) in [6.07, 6.45) is 6.43. The van der Waals surface area contributed by atoms with Gasteiger partial charge in [0.15, 0.2) is 5.69 Å². The molecule has 6 nitrogen and oxygen atoms in total. The van der Waals surface area contributed by atoms with Crippen molar-refractivity contribution in [2.45, 2.75) is 19.3 Å². The Hall–Kier alpha value is -1.69. The maximum absolute atomic E-state index is 11.4. The first-order chi connectivity index (χ1) is 9.24. The molecule has 104 valence electrons. The number of carbonyl (C=O) groups excluding carboxylic acids is 1. The number of piperidine rings is 1. The van der Waals surface area contributed by atoms with Crippen LogP contribution >= 0.6 is 0 Å². The van der Waals surface area contributed by atoms with E-state index in [9.17, 15) is 4.79 Å². The van der Waals surface area contributed by atoms with Gasteiger partial charge in [0, 0.05) is 13.1 Å². The Balaban J connectivity index is 2.01. The predicted octanol–water partition coefficient (Wildman–Crippen LogP) is 0.828. The third-order valence-corrected chi connectivity index (χ3v) is 3.53. The van der Waals surface area contributed by atoms with Crippen molar-refractivity contribution in [3.63, 3.8) is 0 Å². The van der Waals surface area contributed by atoms with E-state index in [1.165, 1.54) is 13.3 Å². The number of esters is 1. The van der Waals surface area contributed by atoms with E-state index in [0.29, 0.717) is 5.92 Å². The number of rotatable bonds is 4. The number of hydrogen-bond donors (Lipinski definition) is 1. The zero-order chi connectivity index (χ0) is 13.7. The van der Waals surface area contributed by atoms with E-state index < -0.39 is 5.97 Å². The molecule has 0 radical (unpaired) electrons. The number of methoxy groups -OCH3 is 1. The first-order valence-corrected chi connectivity index (χ1v) is 6.60. The normalized spacial score (nSPS) is 16.4. The van der Waals surface area contributed by atoms with Crippen LogP contribution in [0, 0.1) is 5.92 Å². The van der Waals surface area contributed by atoms with Crippen LogP contribution in [0.3, 0.4) is 0 Å². The van der Waals surface area contributed by atoms with E-state index in [0.717, 1.165) is 44.7 Å². The van der Waals surface area contributed by atoms with Gasteiger partial charge in [0.05, 0.1) is 19.5 Å².